The van der Waals surface area contributed by atoms with Crippen molar-refractivity contribution in [2.24, 2.45) is 0 Å². The lowest BCUT2D eigenvalue weighted by Crippen LogP contribution is -1.97. The van der Waals surface area contributed by atoms with Crippen molar-refractivity contribution in [1.82, 2.24) is 4.98 Å². The molecule has 1 aliphatic rings. The van der Waals surface area contributed by atoms with Crippen LogP contribution in [0.25, 0.3) is 0 Å². The SMILES string of the molecule is O=CCc1ccc(OC2CC2)cn1. The largest absolute Gasteiger partial charge is 0.489 e. The van der Waals surface area contributed by atoms with Gasteiger partial charge in [0.2, 0.25) is 0 Å². The highest BCUT2D eigenvalue weighted by molar-refractivity contribution is 5.53. The molecule has 0 N–H and O–H groups in total. The van der Waals surface area contributed by atoms with Gasteiger partial charge in [-0.25, -0.2) is 0 Å². The predicted octanol–water partition coefficient (Wildman–Crippen LogP) is 1.36. The van der Waals surface area contributed by atoms with Crippen molar-refractivity contribution in [3.05, 3.63) is 24.0 Å². The number of hydrogen-bond acceptors (Lipinski definition) is 3. The van der Waals surface area contributed by atoms with E-state index in [0.717, 1.165) is 30.6 Å². The molecule has 2 rings (SSSR count). The third-order valence-corrected chi connectivity index (χ3v) is 1.92. The molecule has 0 unspecified atom stereocenters. The molecular formula is C10H11NO2. The van der Waals surface area contributed by atoms with Crippen LogP contribution in [0.15, 0.2) is 18.3 Å². The number of ether oxygens (including phenoxy) is 1. The number of aromatic nitrogens is 1. The van der Waals surface area contributed by atoms with Crippen molar-refractivity contribution in [2.45, 2.75) is 25.4 Å². The number of nitrogens with zero attached hydrogens (tertiary/aromatic N) is 1. The van der Waals surface area contributed by atoms with E-state index >= 15 is 0 Å². The molecule has 1 aromatic heterocycles. The summed E-state index contributed by atoms with van der Waals surface area (Å²) in [6, 6.07) is 3.69. The summed E-state index contributed by atoms with van der Waals surface area (Å²) in [4.78, 5) is 14.3. The van der Waals surface area contributed by atoms with Gasteiger partial charge in [0.15, 0.2) is 0 Å². The lowest BCUT2D eigenvalue weighted by atomic mass is 10.3. The Morgan fingerprint density at radius 3 is 2.92 bits per heavy atom. The van der Waals surface area contributed by atoms with E-state index in [2.05, 4.69) is 4.98 Å². The summed E-state index contributed by atoms with van der Waals surface area (Å²) in [6.07, 6.45) is 5.61. The number of carbonyl (C=O) groups excluding carboxylic acids is 1. The van der Waals surface area contributed by atoms with E-state index in [4.69, 9.17) is 4.74 Å². The summed E-state index contributed by atoms with van der Waals surface area (Å²) < 4.78 is 5.51. The van der Waals surface area contributed by atoms with Crippen LogP contribution in [0.4, 0.5) is 0 Å². The van der Waals surface area contributed by atoms with Crippen LogP contribution < -0.4 is 4.74 Å². The van der Waals surface area contributed by atoms with Crippen LogP contribution in [0.5, 0.6) is 5.75 Å². The molecular weight excluding hydrogens is 166 g/mol. The topological polar surface area (TPSA) is 39.2 Å². The lowest BCUT2D eigenvalue weighted by molar-refractivity contribution is -0.107. The quantitative estimate of drug-likeness (QED) is 0.652. The molecule has 1 saturated carbocycles. The first-order valence-corrected chi connectivity index (χ1v) is 4.43. The first kappa shape index (κ1) is 8.23. The second-order valence-electron chi connectivity index (χ2n) is 3.17. The number of rotatable bonds is 4. The fourth-order valence-corrected chi connectivity index (χ4v) is 1.07. The minimum atomic E-state index is 0.379. The molecule has 1 aromatic rings. The highest BCUT2D eigenvalue weighted by Crippen LogP contribution is 2.25. The Bertz CT molecular complexity index is 290. The fourth-order valence-electron chi connectivity index (χ4n) is 1.07. The van der Waals surface area contributed by atoms with Gasteiger partial charge in [0.05, 0.1) is 12.3 Å². The third kappa shape index (κ3) is 2.28. The van der Waals surface area contributed by atoms with Gasteiger partial charge < -0.3 is 9.53 Å². The van der Waals surface area contributed by atoms with Gasteiger partial charge in [-0.05, 0) is 25.0 Å². The molecule has 0 saturated heterocycles. The standard InChI is InChI=1S/C10H11NO2/c12-6-5-8-1-2-10(7-11-8)13-9-3-4-9/h1-2,6-7,9H,3-5H2. The van der Waals surface area contributed by atoms with E-state index in [9.17, 15) is 4.79 Å². The van der Waals surface area contributed by atoms with Crippen LogP contribution >= 0.6 is 0 Å². The zero-order valence-corrected chi connectivity index (χ0v) is 7.27. The monoisotopic (exact) mass is 177 g/mol. The number of pyridine rings is 1. The van der Waals surface area contributed by atoms with Crippen LogP contribution in [0, 0.1) is 0 Å². The van der Waals surface area contributed by atoms with Gasteiger partial charge in [0.1, 0.15) is 12.0 Å². The van der Waals surface area contributed by atoms with Crippen LogP contribution in [-0.2, 0) is 11.2 Å². The number of carbonyl (C=O) groups is 1. The maximum absolute atomic E-state index is 10.2. The summed E-state index contributed by atoms with van der Waals surface area (Å²) in [5.41, 5.74) is 0.790. The average Bonchev–Trinajstić information content (AvgIpc) is 2.93. The van der Waals surface area contributed by atoms with Gasteiger partial charge >= 0.3 is 0 Å². The number of aldehydes is 1. The lowest BCUT2D eigenvalue weighted by Gasteiger charge is -2.03. The molecule has 0 amide bonds. The van der Waals surface area contributed by atoms with E-state index in [1.165, 1.54) is 0 Å². The molecule has 1 fully saturated rings. The molecule has 3 heteroatoms. The molecule has 3 nitrogen and oxygen atoms in total. The number of hydrogen-bond donors (Lipinski definition) is 0. The minimum absolute atomic E-state index is 0.379. The van der Waals surface area contributed by atoms with Gasteiger partial charge in [-0.2, -0.15) is 0 Å². The maximum atomic E-state index is 10.2. The van der Waals surface area contributed by atoms with E-state index < -0.39 is 0 Å². The second-order valence-corrected chi connectivity index (χ2v) is 3.17. The normalized spacial score (nSPS) is 15.4. The zero-order valence-electron chi connectivity index (χ0n) is 7.27. The van der Waals surface area contributed by atoms with Crippen LogP contribution in [0.3, 0.4) is 0 Å². The summed E-state index contributed by atoms with van der Waals surface area (Å²) in [7, 11) is 0. The van der Waals surface area contributed by atoms with Crippen molar-refractivity contribution >= 4 is 6.29 Å². The molecule has 0 radical (unpaired) electrons. The molecule has 0 bridgehead atoms. The fraction of sp³-hybridized carbons (Fsp3) is 0.400. The Kier molecular flexibility index (Phi) is 2.25. The molecule has 1 heterocycles. The summed E-state index contributed by atoms with van der Waals surface area (Å²) in [6.45, 7) is 0. The van der Waals surface area contributed by atoms with E-state index in [1.807, 2.05) is 12.1 Å². The zero-order chi connectivity index (χ0) is 9.10. The van der Waals surface area contributed by atoms with Crippen LogP contribution in [0.1, 0.15) is 18.5 Å². The predicted molar refractivity (Wildman–Crippen MR) is 47.7 cm³/mol. The van der Waals surface area contributed by atoms with Crippen molar-refractivity contribution in [2.75, 3.05) is 0 Å². The average molecular weight is 177 g/mol. The van der Waals surface area contributed by atoms with E-state index in [1.54, 1.807) is 6.20 Å². The smallest absolute Gasteiger partial charge is 0.138 e. The van der Waals surface area contributed by atoms with Gasteiger partial charge in [-0.15, -0.1) is 0 Å². The molecule has 0 aliphatic heterocycles. The molecule has 0 spiro atoms. The molecule has 13 heavy (non-hydrogen) atoms. The van der Waals surface area contributed by atoms with Crippen LogP contribution in [-0.4, -0.2) is 17.4 Å². The van der Waals surface area contributed by atoms with Gasteiger partial charge in [-0.3, -0.25) is 4.98 Å². The van der Waals surface area contributed by atoms with Gasteiger partial charge in [-0.1, -0.05) is 0 Å². The van der Waals surface area contributed by atoms with Crippen molar-refractivity contribution in [1.29, 1.82) is 0 Å². The molecule has 1 aliphatic carbocycles. The Morgan fingerprint density at radius 2 is 2.38 bits per heavy atom. The molecule has 0 aromatic carbocycles. The molecule has 0 atom stereocenters. The van der Waals surface area contributed by atoms with Crippen molar-refractivity contribution in [3.8, 4) is 5.75 Å². The highest BCUT2D eigenvalue weighted by Gasteiger charge is 2.23. The van der Waals surface area contributed by atoms with Gasteiger partial charge in [0.25, 0.3) is 0 Å². The van der Waals surface area contributed by atoms with Crippen molar-refractivity contribution < 1.29 is 9.53 Å². The minimum Gasteiger partial charge on any atom is -0.489 e. The summed E-state index contributed by atoms with van der Waals surface area (Å²) in [5, 5.41) is 0. The van der Waals surface area contributed by atoms with Gasteiger partial charge in [0, 0.05) is 12.1 Å². The first-order chi connectivity index (χ1) is 6.38. The maximum Gasteiger partial charge on any atom is 0.138 e. The third-order valence-electron chi connectivity index (χ3n) is 1.92. The Hall–Kier alpha value is -1.38. The van der Waals surface area contributed by atoms with E-state index in [-0.39, 0.29) is 0 Å². The summed E-state index contributed by atoms with van der Waals surface area (Å²) >= 11 is 0. The van der Waals surface area contributed by atoms with Crippen molar-refractivity contribution in [3.63, 3.8) is 0 Å². The van der Waals surface area contributed by atoms with E-state index in [0.29, 0.717) is 12.5 Å². The Labute approximate surface area is 76.7 Å². The highest BCUT2D eigenvalue weighted by atomic mass is 16.5. The Morgan fingerprint density at radius 1 is 1.54 bits per heavy atom. The second kappa shape index (κ2) is 3.56. The van der Waals surface area contributed by atoms with Crippen LogP contribution in [0.2, 0.25) is 0 Å². The molecule has 68 valence electrons. The first-order valence-electron chi connectivity index (χ1n) is 4.43. The Balaban J connectivity index is 1.99. The summed E-state index contributed by atoms with van der Waals surface area (Å²) in [5.74, 6) is 0.803.